The van der Waals surface area contributed by atoms with Gasteiger partial charge < -0.3 is 15.0 Å². The van der Waals surface area contributed by atoms with Crippen LogP contribution in [0, 0.1) is 5.82 Å². The van der Waals surface area contributed by atoms with Crippen molar-refractivity contribution in [1.29, 1.82) is 0 Å². The molecule has 6 heteroatoms. The number of hydrogen-bond acceptors (Lipinski definition) is 3. The molecule has 2 atom stereocenters. The van der Waals surface area contributed by atoms with E-state index >= 15 is 0 Å². The van der Waals surface area contributed by atoms with Gasteiger partial charge in [-0.15, -0.1) is 0 Å². The summed E-state index contributed by atoms with van der Waals surface area (Å²) < 4.78 is 19.3. The number of carbonyl (C=O) groups is 1. The molecule has 0 bridgehead atoms. The minimum atomic E-state index is -0.295. The number of carbonyl (C=O) groups excluding carboxylic acids is 1. The maximum absolute atomic E-state index is 14.3. The number of ether oxygens (including phenoxy) is 1. The first kappa shape index (κ1) is 16.1. The van der Waals surface area contributed by atoms with Crippen molar-refractivity contribution in [2.75, 3.05) is 20.2 Å². The lowest BCUT2D eigenvalue weighted by Crippen LogP contribution is -2.51. The van der Waals surface area contributed by atoms with Gasteiger partial charge in [0.1, 0.15) is 0 Å². The van der Waals surface area contributed by atoms with Gasteiger partial charge in [-0.25, -0.2) is 9.18 Å². The maximum Gasteiger partial charge on any atom is 0.318 e. The molecule has 5 nitrogen and oxygen atoms in total. The molecule has 0 spiro atoms. The first-order chi connectivity index (χ1) is 11.0. The number of fused-ring (bicyclic) bond motifs is 1. The largest absolute Gasteiger partial charge is 0.494 e. The van der Waals surface area contributed by atoms with Gasteiger partial charge in [-0.3, -0.25) is 4.90 Å². The van der Waals surface area contributed by atoms with E-state index in [-0.39, 0.29) is 35.7 Å². The van der Waals surface area contributed by atoms with Gasteiger partial charge >= 0.3 is 6.03 Å². The highest BCUT2D eigenvalue weighted by Gasteiger charge is 2.43. The van der Waals surface area contributed by atoms with Crippen LogP contribution in [0.5, 0.6) is 5.75 Å². The molecule has 1 aromatic carbocycles. The summed E-state index contributed by atoms with van der Waals surface area (Å²) >= 11 is 0. The highest BCUT2D eigenvalue weighted by molar-refractivity contribution is 5.78. The lowest BCUT2D eigenvalue weighted by Gasteiger charge is -2.38. The van der Waals surface area contributed by atoms with Gasteiger partial charge in [0.25, 0.3) is 0 Å². The van der Waals surface area contributed by atoms with Gasteiger partial charge in [0.2, 0.25) is 0 Å². The van der Waals surface area contributed by atoms with Crippen molar-refractivity contribution in [3.05, 3.63) is 29.6 Å². The average Bonchev–Trinajstić information content (AvgIpc) is 2.84. The first-order valence-electron chi connectivity index (χ1n) is 8.13. The molecule has 2 amide bonds. The zero-order valence-corrected chi connectivity index (χ0v) is 13.9. The molecular formula is C17H24FN3O2. The number of likely N-dealkylation sites (tertiary alicyclic amines) is 1. The number of piperidine rings is 1. The average molecular weight is 321 g/mol. The van der Waals surface area contributed by atoms with Crippen LogP contribution in [0.25, 0.3) is 0 Å². The summed E-state index contributed by atoms with van der Waals surface area (Å²) in [5, 5.41) is 3.07. The smallest absolute Gasteiger partial charge is 0.318 e. The summed E-state index contributed by atoms with van der Waals surface area (Å²) in [6.45, 7) is 6.22. The molecule has 126 valence electrons. The third-order valence-corrected chi connectivity index (χ3v) is 4.77. The van der Waals surface area contributed by atoms with E-state index in [4.69, 9.17) is 4.74 Å². The Morgan fingerprint density at radius 1 is 1.43 bits per heavy atom. The Morgan fingerprint density at radius 2 is 2.22 bits per heavy atom. The second-order valence-corrected chi connectivity index (χ2v) is 6.58. The van der Waals surface area contributed by atoms with Crippen LogP contribution in [-0.2, 0) is 6.54 Å². The Bertz CT molecular complexity index is 593. The van der Waals surface area contributed by atoms with Crippen LogP contribution in [0.15, 0.2) is 18.2 Å². The van der Waals surface area contributed by atoms with Crippen LogP contribution < -0.4 is 10.1 Å². The summed E-state index contributed by atoms with van der Waals surface area (Å²) in [6, 6.07) is 5.81. The number of methoxy groups -OCH3 is 1. The molecule has 0 radical (unpaired) electrons. The minimum absolute atomic E-state index is 0.0180. The minimum Gasteiger partial charge on any atom is -0.494 e. The summed E-state index contributed by atoms with van der Waals surface area (Å²) in [6.07, 6.45) is 0.910. The zero-order valence-electron chi connectivity index (χ0n) is 13.9. The van der Waals surface area contributed by atoms with Crippen LogP contribution in [0.1, 0.15) is 25.8 Å². The molecule has 0 saturated carbocycles. The second-order valence-electron chi connectivity index (χ2n) is 6.58. The Kier molecular flexibility index (Phi) is 4.43. The highest BCUT2D eigenvalue weighted by atomic mass is 19.1. The SMILES string of the molecule is COc1cccc(CN2CC[C@H]3[C@@H](C2)NC(=O)N3C(C)C)c1F. The fourth-order valence-corrected chi connectivity index (χ4v) is 3.70. The van der Waals surface area contributed by atoms with Gasteiger partial charge in [-0.2, -0.15) is 0 Å². The van der Waals surface area contributed by atoms with Crippen LogP contribution in [0.3, 0.4) is 0 Å². The highest BCUT2D eigenvalue weighted by Crippen LogP contribution is 2.27. The maximum atomic E-state index is 14.3. The number of benzene rings is 1. The fraction of sp³-hybridized carbons (Fsp3) is 0.588. The standard InChI is InChI=1S/C17H24FN3O2/c1-11(2)21-14-7-8-20(10-13(14)19-17(21)22)9-12-5-4-6-15(23-3)16(12)18/h4-6,11,13-14H,7-10H2,1-3H3,(H,19,22)/t13-,14+/m1/s1. The van der Waals surface area contributed by atoms with Crippen molar-refractivity contribution < 1.29 is 13.9 Å². The van der Waals surface area contributed by atoms with Gasteiger partial charge in [0.15, 0.2) is 11.6 Å². The number of halogens is 1. The van der Waals surface area contributed by atoms with Crippen molar-refractivity contribution in [3.8, 4) is 5.75 Å². The van der Waals surface area contributed by atoms with E-state index in [1.165, 1.54) is 7.11 Å². The quantitative estimate of drug-likeness (QED) is 0.925. The third-order valence-electron chi connectivity index (χ3n) is 4.77. The van der Waals surface area contributed by atoms with Crippen molar-refractivity contribution in [1.82, 2.24) is 15.1 Å². The Morgan fingerprint density at radius 3 is 2.91 bits per heavy atom. The molecule has 2 saturated heterocycles. The zero-order chi connectivity index (χ0) is 16.6. The van der Waals surface area contributed by atoms with E-state index in [0.29, 0.717) is 12.1 Å². The molecule has 3 rings (SSSR count). The molecule has 2 heterocycles. The van der Waals surface area contributed by atoms with Gasteiger partial charge in [0, 0.05) is 31.2 Å². The topological polar surface area (TPSA) is 44.8 Å². The molecule has 0 aromatic heterocycles. The summed E-state index contributed by atoms with van der Waals surface area (Å²) in [5.74, 6) is -0.0195. The monoisotopic (exact) mass is 321 g/mol. The van der Waals surface area contributed by atoms with Crippen LogP contribution >= 0.6 is 0 Å². The van der Waals surface area contributed by atoms with Crippen LogP contribution in [0.4, 0.5) is 9.18 Å². The predicted molar refractivity (Wildman–Crippen MR) is 85.9 cm³/mol. The number of urea groups is 1. The summed E-state index contributed by atoms with van der Waals surface area (Å²) in [7, 11) is 1.47. The first-order valence-corrected chi connectivity index (χ1v) is 8.13. The van der Waals surface area contributed by atoms with Gasteiger partial charge in [-0.05, 0) is 26.3 Å². The Balaban J connectivity index is 1.68. The lowest BCUT2D eigenvalue weighted by atomic mass is 9.98. The van der Waals surface area contributed by atoms with E-state index in [1.54, 1.807) is 12.1 Å². The molecule has 1 aromatic rings. The molecule has 0 aliphatic carbocycles. The van der Waals surface area contributed by atoms with E-state index in [1.807, 2.05) is 24.8 Å². The molecule has 2 aliphatic heterocycles. The molecule has 23 heavy (non-hydrogen) atoms. The molecule has 2 fully saturated rings. The summed E-state index contributed by atoms with van der Waals surface area (Å²) in [5.41, 5.74) is 0.632. The van der Waals surface area contributed by atoms with Crippen molar-refractivity contribution >= 4 is 6.03 Å². The van der Waals surface area contributed by atoms with Gasteiger partial charge in [0.05, 0.1) is 19.2 Å². The molecule has 0 unspecified atom stereocenters. The molecule has 1 N–H and O–H groups in total. The number of nitrogens with one attached hydrogen (secondary N) is 1. The lowest BCUT2D eigenvalue weighted by molar-refractivity contribution is 0.121. The molecule has 2 aliphatic rings. The summed E-state index contributed by atoms with van der Waals surface area (Å²) in [4.78, 5) is 16.2. The van der Waals surface area contributed by atoms with Crippen LogP contribution in [0.2, 0.25) is 0 Å². The predicted octanol–water partition coefficient (Wildman–Crippen LogP) is 2.21. The second kappa shape index (κ2) is 6.35. The Labute approximate surface area is 136 Å². The van der Waals surface area contributed by atoms with E-state index in [2.05, 4.69) is 10.2 Å². The fourth-order valence-electron chi connectivity index (χ4n) is 3.70. The normalized spacial score (nSPS) is 24.7. The number of rotatable bonds is 4. The van der Waals surface area contributed by atoms with E-state index in [0.717, 1.165) is 19.5 Å². The molecular weight excluding hydrogens is 297 g/mol. The van der Waals surface area contributed by atoms with E-state index < -0.39 is 0 Å². The van der Waals surface area contributed by atoms with Crippen LogP contribution in [-0.4, -0.2) is 54.2 Å². The van der Waals surface area contributed by atoms with E-state index in [9.17, 15) is 9.18 Å². The van der Waals surface area contributed by atoms with Crippen molar-refractivity contribution in [2.24, 2.45) is 0 Å². The van der Waals surface area contributed by atoms with Gasteiger partial charge in [-0.1, -0.05) is 12.1 Å². The number of hydrogen-bond donors (Lipinski definition) is 1. The van der Waals surface area contributed by atoms with Crippen molar-refractivity contribution in [2.45, 2.75) is 44.9 Å². The number of nitrogens with zero attached hydrogens (tertiary/aromatic N) is 2. The van der Waals surface area contributed by atoms with Crippen molar-refractivity contribution in [3.63, 3.8) is 0 Å². The third kappa shape index (κ3) is 3.00. The number of amides is 2. The Hall–Kier alpha value is -1.82.